The van der Waals surface area contributed by atoms with Crippen LogP contribution in [0.5, 0.6) is 0 Å². The molecule has 1 saturated heterocycles. The summed E-state index contributed by atoms with van der Waals surface area (Å²) in [7, 11) is -2.52. The Kier molecular flexibility index (Phi) is 4.05. The van der Waals surface area contributed by atoms with E-state index in [0.29, 0.717) is 13.1 Å². The SMILES string of the molecule is CN1CCN(S(=O)CS(C)(=O)=O)CC1. The average molecular weight is 240 g/mol. The lowest BCUT2D eigenvalue weighted by Gasteiger charge is -2.30. The molecule has 1 fully saturated rings. The van der Waals surface area contributed by atoms with E-state index in [2.05, 4.69) is 4.90 Å². The predicted octanol–water partition coefficient (Wildman–Crippen LogP) is -1.10. The van der Waals surface area contributed by atoms with Gasteiger partial charge in [-0.05, 0) is 7.05 Å². The Labute approximate surface area is 87.6 Å². The van der Waals surface area contributed by atoms with Crippen LogP contribution in [0.3, 0.4) is 0 Å². The average Bonchev–Trinajstić information content (AvgIpc) is 2.02. The van der Waals surface area contributed by atoms with Gasteiger partial charge >= 0.3 is 0 Å². The summed E-state index contributed by atoms with van der Waals surface area (Å²) in [4.78, 5) is 2.13. The maximum Gasteiger partial charge on any atom is 0.160 e. The minimum atomic E-state index is -3.14. The van der Waals surface area contributed by atoms with E-state index in [1.54, 1.807) is 4.31 Å². The molecular formula is C7H16N2O3S2. The Hall–Kier alpha value is 0.0200. The van der Waals surface area contributed by atoms with Crippen molar-refractivity contribution < 1.29 is 12.6 Å². The fraction of sp³-hybridized carbons (Fsp3) is 1.00. The van der Waals surface area contributed by atoms with Gasteiger partial charge in [-0.25, -0.2) is 16.9 Å². The van der Waals surface area contributed by atoms with Crippen LogP contribution in [0.2, 0.25) is 0 Å². The second-order valence-corrected chi connectivity index (χ2v) is 7.55. The maximum atomic E-state index is 11.6. The fourth-order valence-corrected chi connectivity index (χ4v) is 3.88. The molecule has 0 radical (unpaired) electrons. The number of nitrogens with zero attached hydrogens (tertiary/aromatic N) is 2. The molecule has 1 aliphatic heterocycles. The topological polar surface area (TPSA) is 57.7 Å². The minimum absolute atomic E-state index is 0.253. The van der Waals surface area contributed by atoms with Gasteiger partial charge in [0, 0.05) is 32.4 Å². The van der Waals surface area contributed by atoms with Crippen LogP contribution >= 0.6 is 0 Å². The largest absolute Gasteiger partial charge is 0.304 e. The molecule has 0 aromatic heterocycles. The van der Waals surface area contributed by atoms with Crippen LogP contribution in [-0.2, 0) is 20.8 Å². The van der Waals surface area contributed by atoms with E-state index in [9.17, 15) is 12.6 Å². The van der Waals surface area contributed by atoms with Gasteiger partial charge in [-0.2, -0.15) is 0 Å². The van der Waals surface area contributed by atoms with Gasteiger partial charge in [0.1, 0.15) is 16.1 Å². The normalized spacial score (nSPS) is 23.6. The molecule has 1 unspecified atom stereocenters. The molecule has 5 nitrogen and oxygen atoms in total. The number of hydrogen-bond donors (Lipinski definition) is 0. The van der Waals surface area contributed by atoms with E-state index >= 15 is 0 Å². The smallest absolute Gasteiger partial charge is 0.160 e. The number of hydrogen-bond acceptors (Lipinski definition) is 4. The highest BCUT2D eigenvalue weighted by molar-refractivity contribution is 8.03. The molecule has 0 aliphatic carbocycles. The van der Waals surface area contributed by atoms with Gasteiger partial charge in [0.15, 0.2) is 9.84 Å². The van der Waals surface area contributed by atoms with E-state index in [-0.39, 0.29) is 5.08 Å². The quantitative estimate of drug-likeness (QED) is 0.628. The zero-order valence-corrected chi connectivity index (χ0v) is 10.1. The van der Waals surface area contributed by atoms with Crippen LogP contribution < -0.4 is 0 Å². The summed E-state index contributed by atoms with van der Waals surface area (Å²) >= 11 is 0. The van der Waals surface area contributed by atoms with Gasteiger partial charge in [0.05, 0.1) is 0 Å². The van der Waals surface area contributed by atoms with Gasteiger partial charge in [-0.3, -0.25) is 0 Å². The monoisotopic (exact) mass is 240 g/mol. The fourth-order valence-electron chi connectivity index (χ4n) is 1.25. The molecule has 0 bridgehead atoms. The highest BCUT2D eigenvalue weighted by atomic mass is 32.3. The standard InChI is InChI=1S/C7H16N2O3S2/c1-8-3-5-9(6-4-8)13(10)7-14(2,11)12/h3-7H2,1-2H3. The predicted molar refractivity (Wildman–Crippen MR) is 56.9 cm³/mol. The molecule has 14 heavy (non-hydrogen) atoms. The summed E-state index contributed by atoms with van der Waals surface area (Å²) in [5, 5.41) is -0.253. The van der Waals surface area contributed by atoms with Crippen molar-refractivity contribution >= 4 is 20.8 Å². The van der Waals surface area contributed by atoms with Crippen molar-refractivity contribution in [2.75, 3.05) is 44.6 Å². The molecule has 1 aliphatic rings. The van der Waals surface area contributed by atoms with Gasteiger partial charge in [-0.15, -0.1) is 0 Å². The lowest BCUT2D eigenvalue weighted by atomic mass is 10.4. The lowest BCUT2D eigenvalue weighted by molar-refractivity contribution is 0.229. The van der Waals surface area contributed by atoms with Crippen molar-refractivity contribution in [1.29, 1.82) is 0 Å². The van der Waals surface area contributed by atoms with Crippen LogP contribution in [0.15, 0.2) is 0 Å². The molecule has 1 rings (SSSR count). The highest BCUT2D eigenvalue weighted by Gasteiger charge is 2.21. The van der Waals surface area contributed by atoms with Crippen molar-refractivity contribution in [2.24, 2.45) is 0 Å². The minimum Gasteiger partial charge on any atom is -0.304 e. The molecule has 0 N–H and O–H groups in total. The van der Waals surface area contributed by atoms with E-state index in [0.717, 1.165) is 19.3 Å². The summed E-state index contributed by atoms with van der Waals surface area (Å²) < 4.78 is 35.1. The molecule has 0 amide bonds. The molecule has 1 heterocycles. The second kappa shape index (κ2) is 4.69. The Morgan fingerprint density at radius 1 is 1.21 bits per heavy atom. The summed E-state index contributed by atoms with van der Waals surface area (Å²) in [5.74, 6) is 0. The molecule has 0 spiro atoms. The zero-order valence-electron chi connectivity index (χ0n) is 8.47. The first-order valence-electron chi connectivity index (χ1n) is 4.38. The van der Waals surface area contributed by atoms with Crippen LogP contribution in [0.1, 0.15) is 0 Å². The Morgan fingerprint density at radius 3 is 2.14 bits per heavy atom. The zero-order chi connectivity index (χ0) is 10.8. The van der Waals surface area contributed by atoms with Gasteiger partial charge in [0.25, 0.3) is 0 Å². The van der Waals surface area contributed by atoms with Crippen LogP contribution in [0.25, 0.3) is 0 Å². The van der Waals surface area contributed by atoms with Crippen molar-refractivity contribution in [2.45, 2.75) is 0 Å². The molecule has 0 saturated carbocycles. The molecule has 7 heteroatoms. The first-order chi connectivity index (χ1) is 6.38. The third-order valence-electron chi connectivity index (χ3n) is 2.07. The number of sulfone groups is 1. The van der Waals surface area contributed by atoms with Gasteiger partial charge in [-0.1, -0.05) is 0 Å². The van der Waals surface area contributed by atoms with Crippen molar-refractivity contribution in [3.63, 3.8) is 0 Å². The van der Waals surface area contributed by atoms with Crippen LogP contribution in [-0.4, -0.2) is 66.4 Å². The summed E-state index contributed by atoms with van der Waals surface area (Å²) in [6.07, 6.45) is 1.11. The van der Waals surface area contributed by atoms with E-state index < -0.39 is 20.8 Å². The molecular weight excluding hydrogens is 224 g/mol. The first-order valence-corrected chi connectivity index (χ1v) is 7.72. The highest BCUT2D eigenvalue weighted by Crippen LogP contribution is 2.04. The second-order valence-electron chi connectivity index (χ2n) is 3.60. The third kappa shape index (κ3) is 4.04. The Bertz CT molecular complexity index is 307. The lowest BCUT2D eigenvalue weighted by Crippen LogP contribution is -2.46. The summed E-state index contributed by atoms with van der Waals surface area (Å²) in [5.41, 5.74) is 0. The van der Waals surface area contributed by atoms with E-state index in [1.165, 1.54) is 0 Å². The summed E-state index contributed by atoms with van der Waals surface area (Å²) in [6, 6.07) is 0. The van der Waals surface area contributed by atoms with Gasteiger partial charge < -0.3 is 4.90 Å². The number of piperazine rings is 1. The van der Waals surface area contributed by atoms with Crippen LogP contribution in [0.4, 0.5) is 0 Å². The number of rotatable bonds is 3. The maximum absolute atomic E-state index is 11.6. The van der Waals surface area contributed by atoms with E-state index in [4.69, 9.17) is 0 Å². The van der Waals surface area contributed by atoms with Crippen molar-refractivity contribution in [3.05, 3.63) is 0 Å². The van der Waals surface area contributed by atoms with E-state index in [1.807, 2.05) is 7.05 Å². The molecule has 0 aromatic rings. The summed E-state index contributed by atoms with van der Waals surface area (Å²) in [6.45, 7) is 3.04. The molecule has 84 valence electrons. The van der Waals surface area contributed by atoms with Gasteiger partial charge in [0.2, 0.25) is 0 Å². The third-order valence-corrected chi connectivity index (χ3v) is 5.53. The van der Waals surface area contributed by atoms with Crippen molar-refractivity contribution in [3.8, 4) is 0 Å². The number of likely N-dealkylation sites (N-methyl/N-ethyl adjacent to an activating group) is 1. The first kappa shape index (κ1) is 12.1. The van der Waals surface area contributed by atoms with Crippen LogP contribution in [0, 0.1) is 0 Å². The molecule has 1 atom stereocenters. The Morgan fingerprint density at radius 2 is 1.71 bits per heavy atom. The molecule has 0 aromatic carbocycles. The Balaban J connectivity index is 2.46. The van der Waals surface area contributed by atoms with Crippen molar-refractivity contribution in [1.82, 2.24) is 9.21 Å².